The lowest BCUT2D eigenvalue weighted by molar-refractivity contribution is 0.0594. The number of rotatable bonds is 3. The van der Waals surface area contributed by atoms with Gasteiger partial charge in [-0.3, -0.25) is 0 Å². The number of ether oxygens (including phenoxy) is 1. The number of aromatic nitrogens is 1. The van der Waals surface area contributed by atoms with Crippen LogP contribution in [0.4, 0.5) is 5.69 Å². The summed E-state index contributed by atoms with van der Waals surface area (Å²) >= 11 is 0. The average Bonchev–Trinajstić information content (AvgIpc) is 2.41. The largest absolute Gasteiger partial charge is 0.464 e. The molecule has 5 nitrogen and oxygen atoms in total. The van der Waals surface area contributed by atoms with Crippen molar-refractivity contribution in [1.29, 1.82) is 0 Å². The van der Waals surface area contributed by atoms with Gasteiger partial charge in [0.25, 0.3) is 0 Å². The molecule has 2 unspecified atom stereocenters. The standard InChI is InChI=1S/C13H19N3O2/c1-9-11(4-3-6-14-9)16-10-5-7-15-12(8-10)13(17)18-2/h5,7-9,11,14H,3-4,6H2,1-2H3,(H,15,16). The molecule has 1 fully saturated rings. The molecule has 1 aliphatic heterocycles. The first kappa shape index (κ1) is 12.8. The Morgan fingerprint density at radius 3 is 3.17 bits per heavy atom. The Bertz CT molecular complexity index is 422. The molecule has 0 radical (unpaired) electrons. The number of hydrogen-bond donors (Lipinski definition) is 2. The highest BCUT2D eigenvalue weighted by atomic mass is 16.5. The van der Waals surface area contributed by atoms with Crippen molar-refractivity contribution in [2.45, 2.75) is 31.8 Å². The van der Waals surface area contributed by atoms with Gasteiger partial charge in [-0.1, -0.05) is 0 Å². The molecule has 2 N–H and O–H groups in total. The molecule has 2 atom stereocenters. The lowest BCUT2D eigenvalue weighted by Crippen LogP contribution is -2.46. The number of hydrogen-bond acceptors (Lipinski definition) is 5. The molecule has 0 aromatic carbocycles. The second-order valence-corrected chi connectivity index (χ2v) is 4.56. The summed E-state index contributed by atoms with van der Waals surface area (Å²) in [6, 6.07) is 4.40. The van der Waals surface area contributed by atoms with Crippen LogP contribution in [0.3, 0.4) is 0 Å². The van der Waals surface area contributed by atoms with E-state index in [1.807, 2.05) is 6.07 Å². The zero-order chi connectivity index (χ0) is 13.0. The summed E-state index contributed by atoms with van der Waals surface area (Å²) in [6.07, 6.45) is 3.91. The van der Waals surface area contributed by atoms with Crippen molar-refractivity contribution < 1.29 is 9.53 Å². The molecule has 0 saturated carbocycles. The van der Waals surface area contributed by atoms with Crippen LogP contribution in [0.2, 0.25) is 0 Å². The third-order valence-electron chi connectivity index (χ3n) is 3.27. The van der Waals surface area contributed by atoms with Crippen LogP contribution in [0.1, 0.15) is 30.3 Å². The predicted molar refractivity (Wildman–Crippen MR) is 69.7 cm³/mol. The van der Waals surface area contributed by atoms with E-state index in [1.165, 1.54) is 7.11 Å². The maximum absolute atomic E-state index is 11.4. The molecule has 0 aliphatic carbocycles. The number of nitrogens with zero attached hydrogens (tertiary/aromatic N) is 1. The van der Waals surface area contributed by atoms with Crippen LogP contribution in [-0.2, 0) is 4.74 Å². The van der Waals surface area contributed by atoms with Gasteiger partial charge >= 0.3 is 5.97 Å². The van der Waals surface area contributed by atoms with Gasteiger partial charge in [0.05, 0.1) is 7.11 Å². The molecule has 0 spiro atoms. The summed E-state index contributed by atoms with van der Waals surface area (Å²) in [5.74, 6) is -0.409. The van der Waals surface area contributed by atoms with Crippen molar-refractivity contribution in [1.82, 2.24) is 10.3 Å². The SMILES string of the molecule is COC(=O)c1cc(NC2CCCNC2C)ccn1. The van der Waals surface area contributed by atoms with Gasteiger partial charge in [-0.25, -0.2) is 9.78 Å². The van der Waals surface area contributed by atoms with Gasteiger partial charge in [0.1, 0.15) is 5.69 Å². The molecule has 1 saturated heterocycles. The van der Waals surface area contributed by atoms with E-state index < -0.39 is 5.97 Å². The number of esters is 1. The van der Waals surface area contributed by atoms with Gasteiger partial charge in [-0.15, -0.1) is 0 Å². The molecular formula is C13H19N3O2. The molecular weight excluding hydrogens is 230 g/mol. The molecule has 18 heavy (non-hydrogen) atoms. The van der Waals surface area contributed by atoms with E-state index in [2.05, 4.69) is 27.3 Å². The highest BCUT2D eigenvalue weighted by Gasteiger charge is 2.20. The van der Waals surface area contributed by atoms with Crippen LogP contribution in [0.15, 0.2) is 18.3 Å². The fraction of sp³-hybridized carbons (Fsp3) is 0.538. The van der Waals surface area contributed by atoms with Gasteiger partial charge in [0.15, 0.2) is 0 Å². The van der Waals surface area contributed by atoms with Crippen molar-refractivity contribution in [3.63, 3.8) is 0 Å². The fourth-order valence-electron chi connectivity index (χ4n) is 2.19. The average molecular weight is 249 g/mol. The minimum atomic E-state index is -0.409. The molecule has 0 amide bonds. The van der Waals surface area contributed by atoms with Crippen LogP contribution in [-0.4, -0.2) is 36.7 Å². The van der Waals surface area contributed by atoms with E-state index in [9.17, 15) is 4.79 Å². The van der Waals surface area contributed by atoms with Crippen molar-refractivity contribution in [2.24, 2.45) is 0 Å². The van der Waals surface area contributed by atoms with E-state index >= 15 is 0 Å². The maximum Gasteiger partial charge on any atom is 0.356 e. The summed E-state index contributed by atoms with van der Waals surface area (Å²) in [7, 11) is 1.36. The molecule has 1 aromatic rings. The number of carbonyl (C=O) groups excluding carboxylic acids is 1. The Balaban J connectivity index is 2.06. The zero-order valence-corrected chi connectivity index (χ0v) is 10.8. The number of anilines is 1. The minimum Gasteiger partial charge on any atom is -0.464 e. The lowest BCUT2D eigenvalue weighted by Gasteiger charge is -2.31. The van der Waals surface area contributed by atoms with Crippen molar-refractivity contribution in [2.75, 3.05) is 19.0 Å². The Morgan fingerprint density at radius 2 is 2.44 bits per heavy atom. The summed E-state index contributed by atoms with van der Waals surface area (Å²) in [5, 5.41) is 6.87. The van der Waals surface area contributed by atoms with Gasteiger partial charge in [0.2, 0.25) is 0 Å². The smallest absolute Gasteiger partial charge is 0.356 e. The van der Waals surface area contributed by atoms with E-state index in [4.69, 9.17) is 0 Å². The van der Waals surface area contributed by atoms with Crippen molar-refractivity contribution in [3.8, 4) is 0 Å². The third-order valence-corrected chi connectivity index (χ3v) is 3.27. The number of methoxy groups -OCH3 is 1. The Morgan fingerprint density at radius 1 is 1.61 bits per heavy atom. The third kappa shape index (κ3) is 2.98. The summed E-state index contributed by atoms with van der Waals surface area (Å²) in [4.78, 5) is 15.4. The second kappa shape index (κ2) is 5.82. The molecule has 0 bridgehead atoms. The molecule has 1 aliphatic rings. The van der Waals surface area contributed by atoms with Crippen LogP contribution < -0.4 is 10.6 Å². The van der Waals surface area contributed by atoms with Gasteiger partial charge < -0.3 is 15.4 Å². The second-order valence-electron chi connectivity index (χ2n) is 4.56. The highest BCUT2D eigenvalue weighted by Crippen LogP contribution is 2.16. The van der Waals surface area contributed by atoms with Gasteiger partial charge in [-0.05, 0) is 38.4 Å². The number of carbonyl (C=O) groups is 1. The number of piperidine rings is 1. The lowest BCUT2D eigenvalue weighted by atomic mass is 9.99. The molecule has 2 rings (SSSR count). The first-order chi connectivity index (χ1) is 8.70. The van der Waals surface area contributed by atoms with E-state index in [-0.39, 0.29) is 0 Å². The first-order valence-electron chi connectivity index (χ1n) is 6.25. The minimum absolute atomic E-state index is 0.332. The van der Waals surface area contributed by atoms with E-state index in [1.54, 1.807) is 12.3 Å². The van der Waals surface area contributed by atoms with E-state index in [0.717, 1.165) is 25.1 Å². The van der Waals surface area contributed by atoms with Crippen molar-refractivity contribution in [3.05, 3.63) is 24.0 Å². The normalized spacial score (nSPS) is 23.4. The van der Waals surface area contributed by atoms with Crippen molar-refractivity contribution >= 4 is 11.7 Å². The van der Waals surface area contributed by atoms with Crippen LogP contribution in [0.25, 0.3) is 0 Å². The Hall–Kier alpha value is -1.62. The summed E-state index contributed by atoms with van der Waals surface area (Å²) in [6.45, 7) is 3.24. The summed E-state index contributed by atoms with van der Waals surface area (Å²) in [5.41, 5.74) is 1.24. The van der Waals surface area contributed by atoms with Crippen LogP contribution in [0.5, 0.6) is 0 Å². The Labute approximate surface area is 107 Å². The molecule has 5 heteroatoms. The number of nitrogens with one attached hydrogen (secondary N) is 2. The number of pyridine rings is 1. The topological polar surface area (TPSA) is 63.2 Å². The highest BCUT2D eigenvalue weighted by molar-refractivity contribution is 5.88. The monoisotopic (exact) mass is 249 g/mol. The van der Waals surface area contributed by atoms with Gasteiger partial charge in [-0.2, -0.15) is 0 Å². The molecule has 1 aromatic heterocycles. The quantitative estimate of drug-likeness (QED) is 0.793. The van der Waals surface area contributed by atoms with Crippen LogP contribution >= 0.6 is 0 Å². The Kier molecular flexibility index (Phi) is 4.15. The summed E-state index contributed by atoms with van der Waals surface area (Å²) < 4.78 is 4.66. The predicted octanol–water partition coefficient (Wildman–Crippen LogP) is 1.42. The zero-order valence-electron chi connectivity index (χ0n) is 10.8. The van der Waals surface area contributed by atoms with Crippen LogP contribution in [0, 0.1) is 0 Å². The van der Waals surface area contributed by atoms with Gasteiger partial charge in [0, 0.05) is 24.0 Å². The first-order valence-corrected chi connectivity index (χ1v) is 6.25. The maximum atomic E-state index is 11.4. The fourth-order valence-corrected chi connectivity index (χ4v) is 2.19. The molecule has 2 heterocycles. The molecule has 98 valence electrons. The van der Waals surface area contributed by atoms with E-state index in [0.29, 0.717) is 17.8 Å².